The lowest BCUT2D eigenvalue weighted by Gasteiger charge is -2.23. The normalized spacial score (nSPS) is 13.3. The topological polar surface area (TPSA) is 58.6 Å². The summed E-state index contributed by atoms with van der Waals surface area (Å²) >= 11 is 0. The lowest BCUT2D eigenvalue weighted by Crippen LogP contribution is -2.45. The van der Waals surface area contributed by atoms with Crippen LogP contribution in [0, 0.1) is 0 Å². The zero-order valence-electron chi connectivity index (χ0n) is 13.1. The summed E-state index contributed by atoms with van der Waals surface area (Å²) in [6.07, 6.45) is 0. The van der Waals surface area contributed by atoms with Crippen LogP contribution in [0.3, 0.4) is 0 Å². The molecule has 0 radical (unpaired) electrons. The van der Waals surface area contributed by atoms with Crippen LogP contribution in [-0.4, -0.2) is 50.1 Å². The van der Waals surface area contributed by atoms with Gasteiger partial charge in [0.15, 0.2) is 0 Å². The Kier molecular flexibility index (Phi) is 6.88. The molecular formula is C16H24N2O3. The average molecular weight is 292 g/mol. The fourth-order valence-electron chi connectivity index (χ4n) is 2.03. The monoisotopic (exact) mass is 292 g/mol. The maximum absolute atomic E-state index is 12.0. The number of benzene rings is 1. The van der Waals surface area contributed by atoms with Gasteiger partial charge in [-0.1, -0.05) is 30.3 Å². The molecule has 1 aromatic rings. The van der Waals surface area contributed by atoms with Gasteiger partial charge in [0.05, 0.1) is 19.1 Å². The van der Waals surface area contributed by atoms with Crippen LogP contribution in [0.2, 0.25) is 0 Å². The molecular weight excluding hydrogens is 268 g/mol. The summed E-state index contributed by atoms with van der Waals surface area (Å²) in [4.78, 5) is 25.6. The summed E-state index contributed by atoms with van der Waals surface area (Å²) in [6.45, 7) is 4.74. The Balaban J connectivity index is 2.71. The molecule has 21 heavy (non-hydrogen) atoms. The summed E-state index contributed by atoms with van der Waals surface area (Å²) in [5.74, 6) is -0.718. The minimum Gasteiger partial charge on any atom is -0.469 e. The molecule has 5 heteroatoms. The maximum Gasteiger partial charge on any atom is 0.314 e. The van der Waals surface area contributed by atoms with E-state index in [2.05, 4.69) is 5.32 Å². The molecule has 0 aromatic heterocycles. The van der Waals surface area contributed by atoms with Crippen molar-refractivity contribution in [1.82, 2.24) is 10.2 Å². The predicted octanol–water partition coefficient (Wildman–Crippen LogP) is 1.40. The smallest absolute Gasteiger partial charge is 0.314 e. The van der Waals surface area contributed by atoms with Gasteiger partial charge < -0.3 is 15.0 Å². The third kappa shape index (κ3) is 4.86. The zero-order valence-corrected chi connectivity index (χ0v) is 13.1. The van der Waals surface area contributed by atoms with Crippen molar-refractivity contribution in [2.75, 3.05) is 27.2 Å². The van der Waals surface area contributed by atoms with E-state index in [1.54, 1.807) is 18.9 Å². The van der Waals surface area contributed by atoms with Gasteiger partial charge in [-0.15, -0.1) is 0 Å². The van der Waals surface area contributed by atoms with E-state index < -0.39 is 5.92 Å². The first-order chi connectivity index (χ1) is 10.0. The van der Waals surface area contributed by atoms with Gasteiger partial charge >= 0.3 is 5.97 Å². The molecule has 0 heterocycles. The van der Waals surface area contributed by atoms with Gasteiger partial charge in [0, 0.05) is 20.1 Å². The van der Waals surface area contributed by atoms with Crippen LogP contribution in [0.1, 0.15) is 25.3 Å². The molecule has 0 saturated carbocycles. The van der Waals surface area contributed by atoms with Crippen molar-refractivity contribution in [2.24, 2.45) is 0 Å². The molecule has 116 valence electrons. The van der Waals surface area contributed by atoms with Crippen molar-refractivity contribution in [1.29, 1.82) is 0 Å². The van der Waals surface area contributed by atoms with E-state index in [1.807, 2.05) is 37.3 Å². The Hall–Kier alpha value is -1.88. The molecule has 0 aliphatic heterocycles. The first kappa shape index (κ1) is 17.2. The number of carbonyl (C=O) groups is 2. The van der Waals surface area contributed by atoms with Crippen LogP contribution in [0.4, 0.5) is 0 Å². The standard InChI is InChI=1S/C16H24N2O3/c1-5-18(3)15(19)12(2)17-11-14(16(20)21-4)13-9-7-6-8-10-13/h6-10,12,14,17H,5,11H2,1-4H3. The number of rotatable bonds is 7. The van der Waals surface area contributed by atoms with E-state index >= 15 is 0 Å². The van der Waals surface area contributed by atoms with E-state index in [4.69, 9.17) is 4.74 Å². The van der Waals surface area contributed by atoms with Gasteiger partial charge in [-0.2, -0.15) is 0 Å². The average Bonchev–Trinajstić information content (AvgIpc) is 2.53. The molecule has 1 aromatic carbocycles. The molecule has 5 nitrogen and oxygen atoms in total. The van der Waals surface area contributed by atoms with Crippen molar-refractivity contribution in [3.05, 3.63) is 35.9 Å². The highest BCUT2D eigenvalue weighted by Gasteiger charge is 2.24. The van der Waals surface area contributed by atoms with E-state index in [0.717, 1.165) is 5.56 Å². The lowest BCUT2D eigenvalue weighted by molar-refractivity contribution is -0.142. The second-order valence-corrected chi connectivity index (χ2v) is 4.97. The summed E-state index contributed by atoms with van der Waals surface area (Å²) < 4.78 is 4.85. The molecule has 2 unspecified atom stereocenters. The van der Waals surface area contributed by atoms with Crippen molar-refractivity contribution in [3.63, 3.8) is 0 Å². The quantitative estimate of drug-likeness (QED) is 0.772. The largest absolute Gasteiger partial charge is 0.469 e. The van der Waals surface area contributed by atoms with Gasteiger partial charge in [-0.05, 0) is 19.4 Å². The van der Waals surface area contributed by atoms with Gasteiger partial charge in [0.2, 0.25) is 5.91 Å². The number of nitrogens with one attached hydrogen (secondary N) is 1. The highest BCUT2D eigenvalue weighted by atomic mass is 16.5. The Morgan fingerprint density at radius 3 is 2.43 bits per heavy atom. The number of ether oxygens (including phenoxy) is 1. The zero-order chi connectivity index (χ0) is 15.8. The van der Waals surface area contributed by atoms with Crippen molar-refractivity contribution in [3.8, 4) is 0 Å². The molecule has 2 atom stereocenters. The molecule has 0 fully saturated rings. The number of nitrogens with zero attached hydrogens (tertiary/aromatic N) is 1. The third-order valence-corrected chi connectivity index (χ3v) is 3.54. The number of hydrogen-bond acceptors (Lipinski definition) is 4. The Morgan fingerprint density at radius 1 is 1.29 bits per heavy atom. The first-order valence-corrected chi connectivity index (χ1v) is 7.12. The van der Waals surface area contributed by atoms with Crippen LogP contribution in [-0.2, 0) is 14.3 Å². The maximum atomic E-state index is 12.0. The molecule has 0 saturated heterocycles. The Bertz CT molecular complexity index is 462. The van der Waals surface area contributed by atoms with Crippen molar-refractivity contribution in [2.45, 2.75) is 25.8 Å². The molecule has 0 bridgehead atoms. The first-order valence-electron chi connectivity index (χ1n) is 7.12. The van der Waals surface area contributed by atoms with Crippen LogP contribution in [0.25, 0.3) is 0 Å². The van der Waals surface area contributed by atoms with Gasteiger partial charge in [-0.3, -0.25) is 9.59 Å². The number of carbonyl (C=O) groups excluding carboxylic acids is 2. The van der Waals surface area contributed by atoms with Crippen LogP contribution in [0.15, 0.2) is 30.3 Å². The second-order valence-electron chi connectivity index (χ2n) is 4.97. The number of esters is 1. The van der Waals surface area contributed by atoms with Gasteiger partial charge in [0.1, 0.15) is 0 Å². The highest BCUT2D eigenvalue weighted by Crippen LogP contribution is 2.16. The van der Waals surface area contributed by atoms with E-state index in [9.17, 15) is 9.59 Å². The van der Waals surface area contributed by atoms with E-state index in [-0.39, 0.29) is 17.9 Å². The van der Waals surface area contributed by atoms with E-state index in [0.29, 0.717) is 13.1 Å². The molecule has 1 N–H and O–H groups in total. The molecule has 0 aliphatic rings. The fraction of sp³-hybridized carbons (Fsp3) is 0.500. The molecule has 1 amide bonds. The van der Waals surface area contributed by atoms with Crippen LogP contribution >= 0.6 is 0 Å². The molecule has 0 spiro atoms. The molecule has 1 rings (SSSR count). The SMILES string of the molecule is CCN(C)C(=O)C(C)NCC(C(=O)OC)c1ccccc1. The molecule has 0 aliphatic carbocycles. The summed E-state index contributed by atoms with van der Waals surface area (Å²) in [6, 6.07) is 9.08. The van der Waals surface area contributed by atoms with Crippen molar-refractivity contribution < 1.29 is 14.3 Å². The van der Waals surface area contributed by atoms with Crippen LogP contribution < -0.4 is 5.32 Å². The lowest BCUT2D eigenvalue weighted by atomic mass is 9.99. The predicted molar refractivity (Wildman–Crippen MR) is 82.0 cm³/mol. The Labute approximate surface area is 126 Å². The third-order valence-electron chi connectivity index (χ3n) is 3.54. The fourth-order valence-corrected chi connectivity index (χ4v) is 2.03. The summed E-state index contributed by atoms with van der Waals surface area (Å²) in [5.41, 5.74) is 0.875. The minimum absolute atomic E-state index is 0.00850. The number of amides is 1. The number of hydrogen-bond donors (Lipinski definition) is 1. The van der Waals surface area contributed by atoms with Crippen molar-refractivity contribution >= 4 is 11.9 Å². The number of methoxy groups -OCH3 is 1. The van der Waals surface area contributed by atoms with Gasteiger partial charge in [0.25, 0.3) is 0 Å². The van der Waals surface area contributed by atoms with Gasteiger partial charge in [-0.25, -0.2) is 0 Å². The highest BCUT2D eigenvalue weighted by molar-refractivity contribution is 5.81. The minimum atomic E-state index is -0.418. The Morgan fingerprint density at radius 2 is 1.90 bits per heavy atom. The second kappa shape index (κ2) is 8.42. The summed E-state index contributed by atoms with van der Waals surface area (Å²) in [5, 5.41) is 3.12. The summed E-state index contributed by atoms with van der Waals surface area (Å²) in [7, 11) is 3.13. The van der Waals surface area contributed by atoms with E-state index in [1.165, 1.54) is 7.11 Å². The number of likely N-dealkylation sites (N-methyl/N-ethyl adjacent to an activating group) is 1. The van der Waals surface area contributed by atoms with Crippen LogP contribution in [0.5, 0.6) is 0 Å².